The first-order chi connectivity index (χ1) is 12.2. The van der Waals surface area contributed by atoms with Gasteiger partial charge in [0.25, 0.3) is 0 Å². The summed E-state index contributed by atoms with van der Waals surface area (Å²) in [5.41, 5.74) is 1.21. The van der Waals surface area contributed by atoms with E-state index in [0.29, 0.717) is 0 Å². The van der Waals surface area contributed by atoms with Crippen LogP contribution in [-0.2, 0) is 4.74 Å². The van der Waals surface area contributed by atoms with Gasteiger partial charge in [0.1, 0.15) is 11.9 Å². The fraction of sp³-hybridized carbons (Fsp3) is 0.632. The number of benzene rings is 1. The minimum absolute atomic E-state index is 0.111. The summed E-state index contributed by atoms with van der Waals surface area (Å²) in [6.07, 6.45) is 1.05. The number of morpholine rings is 1. The average molecular weight is 348 g/mol. The third kappa shape index (κ3) is 7.32. The summed E-state index contributed by atoms with van der Waals surface area (Å²) in [4.78, 5) is 6.70. The van der Waals surface area contributed by atoms with Gasteiger partial charge in [0.15, 0.2) is 5.96 Å². The van der Waals surface area contributed by atoms with Crippen molar-refractivity contribution < 1.29 is 9.47 Å². The fourth-order valence-electron chi connectivity index (χ4n) is 2.74. The highest BCUT2D eigenvalue weighted by Crippen LogP contribution is 2.15. The lowest BCUT2D eigenvalue weighted by molar-refractivity contribution is 0.0389. The van der Waals surface area contributed by atoms with E-state index in [-0.39, 0.29) is 6.10 Å². The highest BCUT2D eigenvalue weighted by molar-refractivity contribution is 5.79. The number of ether oxygens (including phenoxy) is 2. The molecule has 6 nitrogen and oxygen atoms in total. The second kappa shape index (κ2) is 10.9. The van der Waals surface area contributed by atoms with E-state index >= 15 is 0 Å². The predicted octanol–water partition coefficient (Wildman–Crippen LogP) is 1.65. The molecule has 140 valence electrons. The summed E-state index contributed by atoms with van der Waals surface area (Å²) in [5.74, 6) is 1.74. The molecular weight excluding hydrogens is 316 g/mol. The van der Waals surface area contributed by atoms with Gasteiger partial charge >= 0.3 is 0 Å². The molecule has 1 fully saturated rings. The van der Waals surface area contributed by atoms with Crippen molar-refractivity contribution in [1.29, 1.82) is 0 Å². The molecule has 1 heterocycles. The fourth-order valence-corrected chi connectivity index (χ4v) is 2.74. The number of nitrogens with zero attached hydrogens (tertiary/aromatic N) is 2. The first kappa shape index (κ1) is 19.5. The summed E-state index contributed by atoms with van der Waals surface area (Å²) >= 11 is 0. The largest absolute Gasteiger partial charge is 0.489 e. The van der Waals surface area contributed by atoms with Crippen LogP contribution in [0.15, 0.2) is 29.3 Å². The molecule has 2 rings (SSSR count). The van der Waals surface area contributed by atoms with Gasteiger partial charge in [-0.2, -0.15) is 0 Å². The molecule has 0 radical (unpaired) electrons. The van der Waals surface area contributed by atoms with E-state index in [9.17, 15) is 0 Å². The average Bonchev–Trinajstić information content (AvgIpc) is 2.64. The Morgan fingerprint density at radius 1 is 1.32 bits per heavy atom. The molecule has 0 bridgehead atoms. The van der Waals surface area contributed by atoms with Crippen LogP contribution in [0.5, 0.6) is 5.75 Å². The minimum atomic E-state index is 0.111. The van der Waals surface area contributed by atoms with E-state index in [1.165, 1.54) is 5.56 Å². The standard InChI is InChI=1S/C19H32N4O2/c1-4-17(25-18-7-5-6-16(2)14-18)15-22-19(20-3)21-8-9-23-10-12-24-13-11-23/h5-7,14,17H,4,8-13,15H2,1-3H3,(H2,20,21,22). The van der Waals surface area contributed by atoms with Crippen molar-refractivity contribution in [3.63, 3.8) is 0 Å². The first-order valence-corrected chi connectivity index (χ1v) is 9.19. The second-order valence-corrected chi connectivity index (χ2v) is 6.30. The van der Waals surface area contributed by atoms with E-state index in [2.05, 4.69) is 46.5 Å². The Labute approximate surface area is 151 Å². The van der Waals surface area contributed by atoms with Crippen LogP contribution in [0, 0.1) is 6.92 Å². The van der Waals surface area contributed by atoms with Gasteiger partial charge < -0.3 is 20.1 Å². The normalized spacial score (nSPS) is 17.2. The van der Waals surface area contributed by atoms with E-state index in [1.54, 1.807) is 7.05 Å². The van der Waals surface area contributed by atoms with Crippen LogP contribution in [0.1, 0.15) is 18.9 Å². The zero-order chi connectivity index (χ0) is 17.9. The van der Waals surface area contributed by atoms with Gasteiger partial charge in [-0.15, -0.1) is 0 Å². The summed E-state index contributed by atoms with van der Waals surface area (Å²) in [6, 6.07) is 8.17. The number of aryl methyl sites for hydroxylation is 1. The Morgan fingerprint density at radius 2 is 2.12 bits per heavy atom. The monoisotopic (exact) mass is 348 g/mol. The van der Waals surface area contributed by atoms with Crippen LogP contribution in [0.4, 0.5) is 0 Å². The van der Waals surface area contributed by atoms with Crippen LogP contribution >= 0.6 is 0 Å². The van der Waals surface area contributed by atoms with Crippen LogP contribution in [-0.4, -0.2) is 69.9 Å². The Morgan fingerprint density at radius 3 is 2.80 bits per heavy atom. The summed E-state index contributed by atoms with van der Waals surface area (Å²) in [7, 11) is 1.80. The molecule has 1 atom stereocenters. The van der Waals surface area contributed by atoms with E-state index in [1.807, 2.05) is 12.1 Å². The molecule has 1 aliphatic rings. The highest BCUT2D eigenvalue weighted by atomic mass is 16.5. The van der Waals surface area contributed by atoms with Gasteiger partial charge in [0, 0.05) is 33.2 Å². The van der Waals surface area contributed by atoms with Gasteiger partial charge in [-0.25, -0.2) is 0 Å². The number of hydrogen-bond donors (Lipinski definition) is 2. The lowest BCUT2D eigenvalue weighted by Crippen LogP contribution is -2.46. The first-order valence-electron chi connectivity index (χ1n) is 9.19. The van der Waals surface area contributed by atoms with E-state index in [0.717, 1.165) is 64.1 Å². The number of guanidine groups is 1. The van der Waals surface area contributed by atoms with Crippen LogP contribution in [0.3, 0.4) is 0 Å². The van der Waals surface area contributed by atoms with Crippen molar-refractivity contribution in [3.05, 3.63) is 29.8 Å². The molecule has 25 heavy (non-hydrogen) atoms. The Kier molecular flexibility index (Phi) is 8.55. The van der Waals surface area contributed by atoms with Crippen molar-refractivity contribution in [3.8, 4) is 5.75 Å². The SMILES string of the molecule is CCC(CNC(=NC)NCCN1CCOCC1)Oc1cccc(C)c1. The molecule has 0 saturated carbocycles. The van der Waals surface area contributed by atoms with Crippen molar-refractivity contribution in [2.75, 3.05) is 53.0 Å². The highest BCUT2D eigenvalue weighted by Gasteiger charge is 2.11. The third-order valence-electron chi connectivity index (χ3n) is 4.29. The maximum absolute atomic E-state index is 6.07. The minimum Gasteiger partial charge on any atom is -0.489 e. The van der Waals surface area contributed by atoms with E-state index < -0.39 is 0 Å². The molecule has 0 amide bonds. The molecule has 2 N–H and O–H groups in total. The molecule has 1 aliphatic heterocycles. The van der Waals surface area contributed by atoms with Gasteiger partial charge in [-0.05, 0) is 31.0 Å². The molecule has 0 aliphatic carbocycles. The Balaban J connectivity index is 1.70. The second-order valence-electron chi connectivity index (χ2n) is 6.30. The number of nitrogens with one attached hydrogen (secondary N) is 2. The maximum atomic E-state index is 6.07. The summed E-state index contributed by atoms with van der Waals surface area (Å²) < 4.78 is 11.4. The van der Waals surface area contributed by atoms with E-state index in [4.69, 9.17) is 9.47 Å². The molecule has 1 unspecified atom stereocenters. The summed E-state index contributed by atoms with van der Waals surface area (Å²) in [5, 5.41) is 6.73. The molecule has 6 heteroatoms. The Bertz CT molecular complexity index is 530. The zero-order valence-electron chi connectivity index (χ0n) is 15.8. The maximum Gasteiger partial charge on any atom is 0.191 e. The number of hydrogen-bond acceptors (Lipinski definition) is 4. The smallest absolute Gasteiger partial charge is 0.191 e. The van der Waals surface area contributed by atoms with Crippen molar-refractivity contribution in [2.24, 2.45) is 4.99 Å². The van der Waals surface area contributed by atoms with Crippen LogP contribution in [0.25, 0.3) is 0 Å². The summed E-state index contributed by atoms with van der Waals surface area (Å²) in [6.45, 7) is 10.5. The van der Waals surface area contributed by atoms with Gasteiger partial charge in [0.05, 0.1) is 19.8 Å². The zero-order valence-corrected chi connectivity index (χ0v) is 15.8. The van der Waals surface area contributed by atoms with Gasteiger partial charge in [-0.3, -0.25) is 9.89 Å². The molecule has 1 aromatic carbocycles. The van der Waals surface area contributed by atoms with Gasteiger partial charge in [-0.1, -0.05) is 19.1 Å². The van der Waals surface area contributed by atoms with Crippen LogP contribution in [0.2, 0.25) is 0 Å². The Hall–Kier alpha value is -1.79. The quantitative estimate of drug-likeness (QED) is 0.553. The van der Waals surface area contributed by atoms with Crippen LogP contribution < -0.4 is 15.4 Å². The molecule has 1 saturated heterocycles. The van der Waals surface area contributed by atoms with Gasteiger partial charge in [0.2, 0.25) is 0 Å². The lowest BCUT2D eigenvalue weighted by atomic mass is 10.2. The molecular formula is C19H32N4O2. The number of rotatable bonds is 8. The predicted molar refractivity (Wildman–Crippen MR) is 103 cm³/mol. The third-order valence-corrected chi connectivity index (χ3v) is 4.29. The van der Waals surface area contributed by atoms with Crippen molar-refractivity contribution >= 4 is 5.96 Å². The molecule has 0 spiro atoms. The topological polar surface area (TPSA) is 58.1 Å². The van der Waals surface area contributed by atoms with Crippen molar-refractivity contribution in [1.82, 2.24) is 15.5 Å². The lowest BCUT2D eigenvalue weighted by Gasteiger charge is -2.27. The number of aliphatic imine (C=N–C) groups is 1. The molecule has 0 aromatic heterocycles. The van der Waals surface area contributed by atoms with Crippen molar-refractivity contribution in [2.45, 2.75) is 26.4 Å². The molecule has 1 aromatic rings.